The average molecular weight is 340 g/mol. The van der Waals surface area contributed by atoms with E-state index in [0.717, 1.165) is 16.8 Å². The van der Waals surface area contributed by atoms with Gasteiger partial charge in [-0.3, -0.25) is 0 Å². The number of nitrogens with one attached hydrogen (secondary N) is 2. The Kier molecular flexibility index (Phi) is 4.83. The predicted octanol–water partition coefficient (Wildman–Crippen LogP) is 4.61. The highest BCUT2D eigenvalue weighted by Crippen LogP contribution is 2.28. The molecule has 132 valence electrons. The number of fused-ring (bicyclic) bond motifs is 3. The van der Waals surface area contributed by atoms with Gasteiger partial charge in [-0.25, -0.2) is 4.79 Å². The smallest absolute Gasteiger partial charge is 0.407 e. The lowest BCUT2D eigenvalue weighted by molar-refractivity contribution is 0.0525. The molecule has 0 aliphatic carbocycles. The molecule has 2 aromatic carbocycles. The van der Waals surface area contributed by atoms with E-state index in [0.29, 0.717) is 19.6 Å². The number of amides is 1. The molecule has 5 heteroatoms. The summed E-state index contributed by atoms with van der Waals surface area (Å²) in [4.78, 5) is 14.9. The number of hydrogen-bond acceptors (Lipinski definition) is 3. The molecule has 0 aliphatic heterocycles. The first-order valence-corrected chi connectivity index (χ1v) is 8.52. The Labute approximate surface area is 147 Å². The molecule has 0 atom stereocenters. The fourth-order valence-electron chi connectivity index (χ4n) is 2.69. The van der Waals surface area contributed by atoms with Gasteiger partial charge in [-0.05, 0) is 45.4 Å². The van der Waals surface area contributed by atoms with Gasteiger partial charge in [-0.2, -0.15) is 0 Å². The average Bonchev–Trinajstić information content (AvgIpc) is 2.90. The molecular formula is C20H24N2O3. The Morgan fingerprint density at radius 2 is 1.84 bits per heavy atom. The highest BCUT2D eigenvalue weighted by Gasteiger charge is 2.15. The normalized spacial score (nSPS) is 11.6. The largest absolute Gasteiger partial charge is 0.493 e. The summed E-state index contributed by atoms with van der Waals surface area (Å²) in [7, 11) is 0. The van der Waals surface area contributed by atoms with Gasteiger partial charge in [-0.15, -0.1) is 0 Å². The molecule has 0 saturated carbocycles. The van der Waals surface area contributed by atoms with Gasteiger partial charge >= 0.3 is 6.09 Å². The van der Waals surface area contributed by atoms with Crippen LogP contribution in [0.1, 0.15) is 27.2 Å². The molecule has 25 heavy (non-hydrogen) atoms. The molecule has 3 rings (SSSR count). The topological polar surface area (TPSA) is 63.4 Å². The number of carbonyl (C=O) groups excluding carboxylic acids is 1. The van der Waals surface area contributed by atoms with Crippen LogP contribution in [0.2, 0.25) is 0 Å². The zero-order valence-corrected chi connectivity index (χ0v) is 14.9. The highest BCUT2D eigenvalue weighted by atomic mass is 16.6. The van der Waals surface area contributed by atoms with Gasteiger partial charge in [0.1, 0.15) is 11.4 Å². The molecule has 1 heterocycles. The van der Waals surface area contributed by atoms with Crippen LogP contribution in [0.25, 0.3) is 21.8 Å². The Morgan fingerprint density at radius 3 is 2.64 bits per heavy atom. The fourth-order valence-corrected chi connectivity index (χ4v) is 2.69. The molecule has 1 aromatic heterocycles. The molecular weight excluding hydrogens is 316 g/mol. The third-order valence-electron chi connectivity index (χ3n) is 3.74. The van der Waals surface area contributed by atoms with Crippen molar-refractivity contribution >= 4 is 27.9 Å². The van der Waals surface area contributed by atoms with Crippen LogP contribution in [0, 0.1) is 0 Å². The van der Waals surface area contributed by atoms with Crippen molar-refractivity contribution in [3.05, 3.63) is 42.5 Å². The van der Waals surface area contributed by atoms with Crippen LogP contribution < -0.4 is 10.1 Å². The monoisotopic (exact) mass is 340 g/mol. The van der Waals surface area contributed by atoms with E-state index in [1.54, 1.807) is 0 Å². The molecule has 3 aromatic rings. The summed E-state index contributed by atoms with van der Waals surface area (Å²) in [5, 5.41) is 5.13. The van der Waals surface area contributed by atoms with Crippen molar-refractivity contribution in [3.63, 3.8) is 0 Å². The molecule has 0 saturated heterocycles. The zero-order valence-electron chi connectivity index (χ0n) is 14.9. The number of H-pyrrole nitrogens is 1. The maximum atomic E-state index is 11.5. The maximum absolute atomic E-state index is 11.5. The molecule has 0 fully saturated rings. The first-order valence-electron chi connectivity index (χ1n) is 8.52. The lowest BCUT2D eigenvalue weighted by Gasteiger charge is -2.19. The molecule has 2 N–H and O–H groups in total. The van der Waals surface area contributed by atoms with Crippen molar-refractivity contribution in [2.24, 2.45) is 0 Å². The van der Waals surface area contributed by atoms with Crippen LogP contribution in [-0.4, -0.2) is 29.8 Å². The number of aromatic amines is 1. The molecule has 0 radical (unpaired) electrons. The van der Waals surface area contributed by atoms with Crippen LogP contribution in [0.15, 0.2) is 42.5 Å². The van der Waals surface area contributed by atoms with Crippen molar-refractivity contribution in [1.29, 1.82) is 0 Å². The van der Waals surface area contributed by atoms with E-state index in [2.05, 4.69) is 28.5 Å². The third kappa shape index (κ3) is 4.44. The van der Waals surface area contributed by atoms with Crippen molar-refractivity contribution in [2.45, 2.75) is 32.8 Å². The first kappa shape index (κ1) is 17.1. The number of para-hydroxylation sites is 1. The SMILES string of the molecule is CC(C)(C)OC(=O)NCCCOc1ccc2c(c1)[nH]c1ccccc12. The fraction of sp³-hybridized carbons (Fsp3) is 0.350. The van der Waals surface area contributed by atoms with Crippen LogP contribution in [0.3, 0.4) is 0 Å². The number of aromatic nitrogens is 1. The molecule has 0 unspecified atom stereocenters. The maximum Gasteiger partial charge on any atom is 0.407 e. The number of benzene rings is 2. The van der Waals surface area contributed by atoms with Gasteiger partial charge in [0.05, 0.1) is 12.1 Å². The number of rotatable bonds is 5. The lowest BCUT2D eigenvalue weighted by Crippen LogP contribution is -2.33. The summed E-state index contributed by atoms with van der Waals surface area (Å²) in [5.41, 5.74) is 1.71. The van der Waals surface area contributed by atoms with Crippen LogP contribution >= 0.6 is 0 Å². The van der Waals surface area contributed by atoms with E-state index in [4.69, 9.17) is 9.47 Å². The molecule has 0 bridgehead atoms. The Bertz CT molecular complexity index is 877. The van der Waals surface area contributed by atoms with E-state index in [-0.39, 0.29) is 0 Å². The van der Waals surface area contributed by atoms with Gasteiger partial charge < -0.3 is 19.8 Å². The minimum Gasteiger partial charge on any atom is -0.493 e. The predicted molar refractivity (Wildman–Crippen MR) is 100 cm³/mol. The second-order valence-corrected chi connectivity index (χ2v) is 7.01. The van der Waals surface area contributed by atoms with Crippen molar-refractivity contribution in [1.82, 2.24) is 10.3 Å². The van der Waals surface area contributed by atoms with E-state index in [1.807, 2.05) is 45.0 Å². The van der Waals surface area contributed by atoms with Gasteiger partial charge in [0.2, 0.25) is 0 Å². The third-order valence-corrected chi connectivity index (χ3v) is 3.74. The minimum atomic E-state index is -0.477. The number of alkyl carbamates (subject to hydrolysis) is 1. The van der Waals surface area contributed by atoms with Crippen LogP contribution in [0.5, 0.6) is 5.75 Å². The quantitative estimate of drug-likeness (QED) is 0.666. The summed E-state index contributed by atoms with van der Waals surface area (Å²) in [6.45, 7) is 6.58. The number of hydrogen-bond donors (Lipinski definition) is 2. The van der Waals surface area contributed by atoms with Crippen molar-refractivity contribution < 1.29 is 14.3 Å². The summed E-state index contributed by atoms with van der Waals surface area (Å²) < 4.78 is 11.0. The molecule has 5 nitrogen and oxygen atoms in total. The van der Waals surface area contributed by atoms with E-state index >= 15 is 0 Å². The Morgan fingerprint density at radius 1 is 1.08 bits per heavy atom. The number of ether oxygens (including phenoxy) is 2. The van der Waals surface area contributed by atoms with Gasteiger partial charge in [0.25, 0.3) is 0 Å². The van der Waals surface area contributed by atoms with Gasteiger partial charge in [0.15, 0.2) is 0 Å². The number of carbonyl (C=O) groups is 1. The first-order chi connectivity index (χ1) is 11.9. The second kappa shape index (κ2) is 7.05. The second-order valence-electron chi connectivity index (χ2n) is 7.01. The summed E-state index contributed by atoms with van der Waals surface area (Å²) in [6.07, 6.45) is 0.316. The minimum absolute atomic E-state index is 0.396. The summed E-state index contributed by atoms with van der Waals surface area (Å²) in [5.74, 6) is 0.816. The Balaban J connectivity index is 1.50. The van der Waals surface area contributed by atoms with Gasteiger partial charge in [0, 0.05) is 28.9 Å². The molecule has 0 aliphatic rings. The Hall–Kier alpha value is -2.69. The highest BCUT2D eigenvalue weighted by molar-refractivity contribution is 6.07. The van der Waals surface area contributed by atoms with Crippen molar-refractivity contribution in [3.8, 4) is 5.75 Å². The van der Waals surface area contributed by atoms with E-state index in [9.17, 15) is 4.79 Å². The van der Waals surface area contributed by atoms with Gasteiger partial charge in [-0.1, -0.05) is 18.2 Å². The lowest BCUT2D eigenvalue weighted by atomic mass is 10.1. The summed E-state index contributed by atoms with van der Waals surface area (Å²) >= 11 is 0. The van der Waals surface area contributed by atoms with Crippen molar-refractivity contribution in [2.75, 3.05) is 13.2 Å². The van der Waals surface area contributed by atoms with E-state index in [1.165, 1.54) is 10.8 Å². The summed E-state index contributed by atoms with van der Waals surface area (Å²) in [6, 6.07) is 14.3. The van der Waals surface area contributed by atoms with E-state index < -0.39 is 11.7 Å². The zero-order chi connectivity index (χ0) is 17.9. The standard InChI is InChI=1S/C20H24N2O3/c1-20(2,3)25-19(23)21-11-6-12-24-14-9-10-16-15-7-4-5-8-17(15)22-18(16)13-14/h4-5,7-10,13,22H,6,11-12H2,1-3H3,(H,21,23). The molecule has 0 spiro atoms. The van der Waals surface area contributed by atoms with Crippen LogP contribution in [0.4, 0.5) is 4.79 Å². The molecule has 1 amide bonds. The van der Waals surface area contributed by atoms with Crippen LogP contribution in [-0.2, 0) is 4.74 Å².